The number of halogens is 4. The lowest BCUT2D eigenvalue weighted by Gasteiger charge is -2.33. The molecule has 0 aliphatic carbocycles. The summed E-state index contributed by atoms with van der Waals surface area (Å²) < 4.78 is 54.2. The fraction of sp³-hybridized carbons (Fsp3) is 0.333. The molecule has 0 amide bonds. The molecule has 1 aromatic carbocycles. The smallest absolute Gasteiger partial charge is 0.253 e. The van der Waals surface area contributed by atoms with Crippen LogP contribution in [0.5, 0.6) is 0 Å². The van der Waals surface area contributed by atoms with Crippen LogP contribution in [0.3, 0.4) is 0 Å². The van der Waals surface area contributed by atoms with E-state index < -0.39 is 29.2 Å². The standard InChI is InChI=1S/C18H16F4N2O/c1-10-2-4-11(5-3-10)16(25)12-6-8-24(9-7-12)15-13(19)17(21)23-18(22)14(15)20/h2-5,12H,6-9H2,1H3. The molecule has 0 N–H and O–H groups in total. The van der Waals surface area contributed by atoms with E-state index in [9.17, 15) is 22.4 Å². The maximum Gasteiger partial charge on any atom is 0.253 e. The number of aryl methyl sites for hydroxylation is 1. The molecule has 7 heteroatoms. The summed E-state index contributed by atoms with van der Waals surface area (Å²) >= 11 is 0. The van der Waals surface area contributed by atoms with E-state index in [1.165, 1.54) is 4.90 Å². The summed E-state index contributed by atoms with van der Waals surface area (Å²) in [7, 11) is 0. The number of nitrogens with zero attached hydrogens (tertiary/aromatic N) is 2. The van der Waals surface area contributed by atoms with E-state index in [0.29, 0.717) is 18.4 Å². The minimum absolute atomic E-state index is 0.0346. The van der Waals surface area contributed by atoms with Crippen LogP contribution in [0, 0.1) is 36.4 Å². The number of carbonyl (C=O) groups is 1. The first kappa shape index (κ1) is 17.4. The third kappa shape index (κ3) is 3.36. The summed E-state index contributed by atoms with van der Waals surface area (Å²) in [6.45, 7) is 2.17. The molecule has 0 radical (unpaired) electrons. The van der Waals surface area contributed by atoms with Gasteiger partial charge < -0.3 is 4.90 Å². The predicted molar refractivity (Wildman–Crippen MR) is 84.5 cm³/mol. The highest BCUT2D eigenvalue weighted by molar-refractivity contribution is 5.98. The Hall–Kier alpha value is -2.44. The van der Waals surface area contributed by atoms with E-state index in [0.717, 1.165) is 5.56 Å². The molecule has 1 fully saturated rings. The monoisotopic (exact) mass is 352 g/mol. The molecule has 1 aliphatic heterocycles. The van der Waals surface area contributed by atoms with Gasteiger partial charge >= 0.3 is 0 Å². The molecule has 3 rings (SSSR count). The van der Waals surface area contributed by atoms with Crippen molar-refractivity contribution in [2.75, 3.05) is 18.0 Å². The average molecular weight is 352 g/mol. The Balaban J connectivity index is 1.74. The number of piperidine rings is 1. The Bertz CT molecular complexity index is 773. The number of benzene rings is 1. The van der Waals surface area contributed by atoms with E-state index >= 15 is 0 Å². The van der Waals surface area contributed by atoms with Gasteiger partial charge in [-0.25, -0.2) is 0 Å². The Morgan fingerprint density at radius 3 is 2.04 bits per heavy atom. The minimum Gasteiger partial charge on any atom is -0.366 e. The zero-order chi connectivity index (χ0) is 18.1. The van der Waals surface area contributed by atoms with Crippen molar-refractivity contribution < 1.29 is 22.4 Å². The van der Waals surface area contributed by atoms with Gasteiger partial charge in [0.2, 0.25) is 11.6 Å². The summed E-state index contributed by atoms with van der Waals surface area (Å²) in [6.07, 6.45) is 0.689. The first-order valence-corrected chi connectivity index (χ1v) is 7.94. The van der Waals surface area contributed by atoms with Crippen molar-refractivity contribution in [2.45, 2.75) is 19.8 Å². The van der Waals surface area contributed by atoms with E-state index in [1.807, 2.05) is 19.1 Å². The van der Waals surface area contributed by atoms with Crippen molar-refractivity contribution in [2.24, 2.45) is 5.92 Å². The van der Waals surface area contributed by atoms with Crippen molar-refractivity contribution >= 4 is 11.5 Å². The summed E-state index contributed by atoms with van der Waals surface area (Å²) in [5, 5.41) is 0. The average Bonchev–Trinajstić information content (AvgIpc) is 2.61. The third-order valence-corrected chi connectivity index (χ3v) is 4.49. The van der Waals surface area contributed by atoms with Crippen LogP contribution in [0.1, 0.15) is 28.8 Å². The van der Waals surface area contributed by atoms with Gasteiger partial charge in [-0.3, -0.25) is 4.79 Å². The first-order valence-electron chi connectivity index (χ1n) is 7.94. The molecule has 1 aromatic heterocycles. The normalized spacial score (nSPS) is 15.5. The van der Waals surface area contributed by atoms with Crippen molar-refractivity contribution in [3.05, 3.63) is 58.9 Å². The molecule has 132 valence electrons. The number of hydrogen-bond acceptors (Lipinski definition) is 3. The zero-order valence-electron chi connectivity index (χ0n) is 13.5. The molecule has 0 atom stereocenters. The number of pyridine rings is 1. The molecule has 1 saturated heterocycles. The van der Waals surface area contributed by atoms with Gasteiger partial charge in [0.15, 0.2) is 5.78 Å². The maximum atomic E-state index is 13.8. The summed E-state index contributed by atoms with van der Waals surface area (Å²) in [5.74, 6) is -6.70. The molecule has 25 heavy (non-hydrogen) atoms. The van der Waals surface area contributed by atoms with Crippen LogP contribution in [0.4, 0.5) is 23.2 Å². The molecular weight excluding hydrogens is 336 g/mol. The van der Waals surface area contributed by atoms with Crippen molar-refractivity contribution in [1.29, 1.82) is 0 Å². The van der Waals surface area contributed by atoms with Crippen molar-refractivity contribution in [3.8, 4) is 0 Å². The highest BCUT2D eigenvalue weighted by Gasteiger charge is 2.31. The van der Waals surface area contributed by atoms with Gasteiger partial charge in [-0.1, -0.05) is 29.8 Å². The Kier molecular flexibility index (Phi) is 4.74. The molecule has 2 heterocycles. The fourth-order valence-corrected chi connectivity index (χ4v) is 3.07. The lowest BCUT2D eigenvalue weighted by Crippen LogP contribution is -2.37. The Morgan fingerprint density at radius 2 is 1.52 bits per heavy atom. The number of ketones is 1. The highest BCUT2D eigenvalue weighted by atomic mass is 19.2. The van der Waals surface area contributed by atoms with E-state index in [2.05, 4.69) is 4.98 Å². The SMILES string of the molecule is Cc1ccc(C(=O)C2CCN(c3c(F)c(F)nc(F)c3F)CC2)cc1. The van der Waals surface area contributed by atoms with Crippen LogP contribution in [-0.4, -0.2) is 23.9 Å². The van der Waals surface area contributed by atoms with Gasteiger partial charge in [-0.05, 0) is 19.8 Å². The number of aromatic nitrogens is 1. The van der Waals surface area contributed by atoms with Gasteiger partial charge in [0.05, 0.1) is 0 Å². The van der Waals surface area contributed by atoms with Gasteiger partial charge in [-0.2, -0.15) is 22.5 Å². The summed E-state index contributed by atoms with van der Waals surface area (Å²) in [5.41, 5.74) is 0.868. The van der Waals surface area contributed by atoms with Gasteiger partial charge in [-0.15, -0.1) is 0 Å². The lowest BCUT2D eigenvalue weighted by atomic mass is 9.88. The van der Waals surface area contributed by atoms with Crippen molar-refractivity contribution in [1.82, 2.24) is 4.98 Å². The summed E-state index contributed by atoms with van der Waals surface area (Å²) in [4.78, 5) is 16.3. The number of carbonyl (C=O) groups excluding carboxylic acids is 1. The maximum absolute atomic E-state index is 13.8. The fourth-order valence-electron chi connectivity index (χ4n) is 3.07. The van der Waals surface area contributed by atoms with Crippen LogP contribution in [0.15, 0.2) is 24.3 Å². The van der Waals surface area contributed by atoms with Crippen LogP contribution < -0.4 is 4.90 Å². The highest BCUT2D eigenvalue weighted by Crippen LogP contribution is 2.31. The topological polar surface area (TPSA) is 33.2 Å². The second-order valence-electron chi connectivity index (χ2n) is 6.16. The quantitative estimate of drug-likeness (QED) is 0.475. The Labute approximate surface area is 142 Å². The molecule has 2 aromatic rings. The molecule has 0 saturated carbocycles. The van der Waals surface area contributed by atoms with Crippen LogP contribution in [-0.2, 0) is 0 Å². The minimum atomic E-state index is -1.67. The third-order valence-electron chi connectivity index (χ3n) is 4.49. The van der Waals surface area contributed by atoms with E-state index in [-0.39, 0.29) is 24.8 Å². The second-order valence-corrected chi connectivity index (χ2v) is 6.16. The zero-order valence-corrected chi connectivity index (χ0v) is 13.5. The van der Waals surface area contributed by atoms with E-state index in [1.54, 1.807) is 12.1 Å². The first-order chi connectivity index (χ1) is 11.9. The van der Waals surface area contributed by atoms with Crippen molar-refractivity contribution in [3.63, 3.8) is 0 Å². The summed E-state index contributed by atoms with van der Waals surface area (Å²) in [6, 6.07) is 7.18. The molecular formula is C18H16F4N2O. The molecule has 0 spiro atoms. The van der Waals surface area contributed by atoms with Gasteiger partial charge in [0.1, 0.15) is 5.69 Å². The molecule has 0 unspecified atom stereocenters. The predicted octanol–water partition coefficient (Wildman–Crippen LogP) is 4.05. The lowest BCUT2D eigenvalue weighted by molar-refractivity contribution is 0.0900. The molecule has 1 aliphatic rings. The number of rotatable bonds is 3. The number of hydrogen-bond donors (Lipinski definition) is 0. The largest absolute Gasteiger partial charge is 0.366 e. The van der Waals surface area contributed by atoms with Crippen LogP contribution >= 0.6 is 0 Å². The number of Topliss-reactive ketones (excluding diaryl/α,β-unsaturated/α-hetero) is 1. The molecule has 3 nitrogen and oxygen atoms in total. The van der Waals surface area contributed by atoms with Gasteiger partial charge in [0.25, 0.3) is 11.9 Å². The van der Waals surface area contributed by atoms with Crippen LogP contribution in [0.2, 0.25) is 0 Å². The number of anilines is 1. The van der Waals surface area contributed by atoms with E-state index in [4.69, 9.17) is 0 Å². The Morgan fingerprint density at radius 1 is 1.00 bits per heavy atom. The van der Waals surface area contributed by atoms with Crippen LogP contribution in [0.25, 0.3) is 0 Å². The molecule has 0 bridgehead atoms. The van der Waals surface area contributed by atoms with Gasteiger partial charge in [0, 0.05) is 24.6 Å². The second kappa shape index (κ2) is 6.82.